The number of nitrogens with zero attached hydrogens (tertiary/aromatic N) is 1. The molecule has 8 nitrogen and oxygen atoms in total. The molecule has 0 aliphatic carbocycles. The van der Waals surface area contributed by atoms with Crippen molar-refractivity contribution in [2.75, 3.05) is 26.3 Å². The maximum absolute atomic E-state index is 13.5. The Morgan fingerprint density at radius 1 is 1.17 bits per heavy atom. The number of carbonyl (C=O) groups excluding carboxylic acids is 3. The molecule has 2 unspecified atom stereocenters. The van der Waals surface area contributed by atoms with Gasteiger partial charge in [-0.2, -0.15) is 0 Å². The third-order valence-corrected chi connectivity index (χ3v) is 7.19. The van der Waals surface area contributed by atoms with Crippen LogP contribution >= 0.6 is 11.9 Å². The quantitative estimate of drug-likeness (QED) is 0.313. The first-order valence-electron chi connectivity index (χ1n) is 11.6. The van der Waals surface area contributed by atoms with Crippen LogP contribution < -0.4 is 20.1 Å². The first kappa shape index (κ1) is 24.8. The van der Waals surface area contributed by atoms with Gasteiger partial charge in [0.25, 0.3) is 5.91 Å². The molecular weight excluding hydrogens is 466 g/mol. The van der Waals surface area contributed by atoms with Crippen LogP contribution in [0.4, 0.5) is 0 Å². The van der Waals surface area contributed by atoms with Crippen molar-refractivity contribution >= 4 is 29.5 Å². The van der Waals surface area contributed by atoms with E-state index in [2.05, 4.69) is 17.2 Å². The zero-order valence-electron chi connectivity index (χ0n) is 19.6. The monoisotopic (exact) mass is 495 g/mol. The third-order valence-electron chi connectivity index (χ3n) is 5.86. The largest absolute Gasteiger partial charge is 0.486 e. The summed E-state index contributed by atoms with van der Waals surface area (Å²) in [6, 6.07) is 11.7. The summed E-state index contributed by atoms with van der Waals surface area (Å²) >= 11 is 1.48. The van der Waals surface area contributed by atoms with Crippen molar-refractivity contribution in [3.63, 3.8) is 0 Å². The molecule has 0 spiro atoms. The fourth-order valence-corrected chi connectivity index (χ4v) is 5.20. The standard InChI is InChI=1S/C26H29N3O5S/c1-3-10-27-26(32)24(30)19(13-17-8-6-5-7-9-17)28-25(31)20-14-18-15-21-22(34-12-11-33-21)16-23(18)35-29(20)4-2/h3,5-9,15-16,19-20H,1,4,10-14H2,2H3,(H,27,32)(H,28,31). The van der Waals surface area contributed by atoms with Gasteiger partial charge >= 0.3 is 0 Å². The second-order valence-electron chi connectivity index (χ2n) is 8.26. The van der Waals surface area contributed by atoms with Crippen molar-refractivity contribution < 1.29 is 23.9 Å². The van der Waals surface area contributed by atoms with Crippen molar-refractivity contribution in [3.05, 3.63) is 66.2 Å². The van der Waals surface area contributed by atoms with E-state index in [1.165, 1.54) is 18.0 Å². The van der Waals surface area contributed by atoms with Gasteiger partial charge in [-0.1, -0.05) is 43.3 Å². The van der Waals surface area contributed by atoms with Gasteiger partial charge in [-0.15, -0.1) is 6.58 Å². The summed E-state index contributed by atoms with van der Waals surface area (Å²) < 4.78 is 13.4. The van der Waals surface area contributed by atoms with E-state index in [1.807, 2.05) is 53.7 Å². The number of carbonyl (C=O) groups is 3. The highest BCUT2D eigenvalue weighted by Gasteiger charge is 2.36. The number of fused-ring (bicyclic) bond motifs is 2. The van der Waals surface area contributed by atoms with Crippen molar-refractivity contribution in [1.82, 2.24) is 14.9 Å². The Morgan fingerprint density at radius 2 is 1.89 bits per heavy atom. The molecule has 184 valence electrons. The van der Waals surface area contributed by atoms with E-state index >= 15 is 0 Å². The summed E-state index contributed by atoms with van der Waals surface area (Å²) in [7, 11) is 0. The second-order valence-corrected chi connectivity index (χ2v) is 9.35. The van der Waals surface area contributed by atoms with Gasteiger partial charge in [0.05, 0.1) is 0 Å². The number of amides is 2. The number of Topliss-reactive ketones (excluding diaryl/α,β-unsaturated/α-hetero) is 1. The van der Waals surface area contributed by atoms with Gasteiger partial charge < -0.3 is 20.1 Å². The number of ketones is 1. The number of rotatable bonds is 9. The minimum Gasteiger partial charge on any atom is -0.486 e. The molecule has 0 fully saturated rings. The lowest BCUT2D eigenvalue weighted by molar-refractivity contribution is -0.140. The van der Waals surface area contributed by atoms with Crippen molar-refractivity contribution in [2.24, 2.45) is 0 Å². The summed E-state index contributed by atoms with van der Waals surface area (Å²) in [6.45, 7) is 7.32. The fourth-order valence-electron chi connectivity index (χ4n) is 4.10. The van der Waals surface area contributed by atoms with Gasteiger partial charge in [0.15, 0.2) is 11.5 Å². The zero-order valence-corrected chi connectivity index (χ0v) is 20.4. The van der Waals surface area contributed by atoms with E-state index in [0.717, 1.165) is 16.0 Å². The van der Waals surface area contributed by atoms with Crippen molar-refractivity contribution in [2.45, 2.75) is 36.7 Å². The number of hydrogen-bond donors (Lipinski definition) is 2. The number of benzene rings is 2. The van der Waals surface area contributed by atoms with Crippen molar-refractivity contribution in [1.29, 1.82) is 0 Å². The Labute approximate surface area is 209 Å². The van der Waals surface area contributed by atoms with Crippen LogP contribution in [0.3, 0.4) is 0 Å². The summed E-state index contributed by atoms with van der Waals surface area (Å²) in [5.41, 5.74) is 1.83. The molecule has 0 radical (unpaired) electrons. The minimum atomic E-state index is -0.986. The van der Waals surface area contributed by atoms with Crippen LogP contribution in [0.25, 0.3) is 0 Å². The van der Waals surface area contributed by atoms with Gasteiger partial charge in [-0.3, -0.25) is 14.4 Å². The van der Waals surface area contributed by atoms with Gasteiger partial charge in [-0.05, 0) is 41.6 Å². The lowest BCUT2D eigenvalue weighted by Gasteiger charge is -2.35. The molecule has 2 aromatic rings. The molecule has 4 rings (SSSR count). The molecule has 2 aliphatic rings. The molecular formula is C26H29N3O5S. The average Bonchev–Trinajstić information content (AvgIpc) is 2.89. The number of ether oxygens (including phenoxy) is 2. The van der Waals surface area contributed by atoms with E-state index in [0.29, 0.717) is 37.7 Å². The molecule has 2 aromatic carbocycles. The van der Waals surface area contributed by atoms with Crippen molar-refractivity contribution in [3.8, 4) is 11.5 Å². The average molecular weight is 496 g/mol. The fraction of sp³-hybridized carbons (Fsp3) is 0.346. The Balaban J connectivity index is 1.54. The summed E-state index contributed by atoms with van der Waals surface area (Å²) in [5.74, 6) is -0.344. The van der Waals surface area contributed by atoms with Crippen LogP contribution in [0.5, 0.6) is 11.5 Å². The molecule has 9 heteroatoms. The second kappa shape index (κ2) is 11.4. The maximum Gasteiger partial charge on any atom is 0.289 e. The smallest absolute Gasteiger partial charge is 0.289 e. The van der Waals surface area contributed by atoms with Gasteiger partial charge in [-0.25, -0.2) is 4.31 Å². The first-order chi connectivity index (χ1) is 17.0. The van der Waals surface area contributed by atoms with E-state index in [4.69, 9.17) is 9.47 Å². The molecule has 2 atom stereocenters. The molecule has 0 aromatic heterocycles. The van der Waals surface area contributed by atoms with E-state index < -0.39 is 23.8 Å². The molecule has 2 N–H and O–H groups in total. The molecule has 2 heterocycles. The highest BCUT2D eigenvalue weighted by Crippen LogP contribution is 2.42. The van der Waals surface area contributed by atoms with Gasteiger partial charge in [0, 0.05) is 24.4 Å². The van der Waals surface area contributed by atoms with Gasteiger partial charge in [0.2, 0.25) is 11.7 Å². The molecule has 0 saturated heterocycles. The van der Waals surface area contributed by atoms with Crippen LogP contribution in [0.2, 0.25) is 0 Å². The third kappa shape index (κ3) is 5.86. The van der Waals surface area contributed by atoms with E-state index in [-0.39, 0.29) is 18.9 Å². The molecule has 0 saturated carbocycles. The normalized spacial score (nSPS) is 17.6. The van der Waals surface area contributed by atoms with Crippen LogP contribution in [-0.2, 0) is 27.2 Å². The van der Waals surface area contributed by atoms with Crippen LogP contribution in [0.15, 0.2) is 60.0 Å². The lowest BCUT2D eigenvalue weighted by atomic mass is 9.99. The minimum absolute atomic E-state index is 0.173. The highest BCUT2D eigenvalue weighted by molar-refractivity contribution is 7.97. The zero-order chi connectivity index (χ0) is 24.8. The number of likely N-dealkylation sites (N-methyl/N-ethyl adjacent to an activating group) is 1. The van der Waals surface area contributed by atoms with Crippen LogP contribution in [0, 0.1) is 0 Å². The lowest BCUT2D eigenvalue weighted by Crippen LogP contribution is -2.54. The highest BCUT2D eigenvalue weighted by atomic mass is 32.2. The Bertz CT molecular complexity index is 1110. The maximum atomic E-state index is 13.5. The summed E-state index contributed by atoms with van der Waals surface area (Å²) in [4.78, 5) is 39.9. The van der Waals surface area contributed by atoms with Crippen LogP contribution in [0.1, 0.15) is 18.1 Å². The van der Waals surface area contributed by atoms with E-state index in [9.17, 15) is 14.4 Å². The Kier molecular flexibility index (Phi) is 8.09. The predicted octanol–water partition coefficient (Wildman–Crippen LogP) is 2.31. The molecule has 2 aliphatic heterocycles. The first-order valence-corrected chi connectivity index (χ1v) is 12.4. The molecule has 35 heavy (non-hydrogen) atoms. The van der Waals surface area contributed by atoms with Gasteiger partial charge in [0.1, 0.15) is 25.3 Å². The molecule has 0 bridgehead atoms. The SMILES string of the molecule is C=CCNC(=O)C(=O)C(Cc1ccccc1)NC(=O)C1Cc2cc3c(cc2SN1CC)OCCO3. The van der Waals surface area contributed by atoms with E-state index in [1.54, 1.807) is 0 Å². The number of hydrogen-bond acceptors (Lipinski definition) is 7. The topological polar surface area (TPSA) is 97.0 Å². The predicted molar refractivity (Wildman–Crippen MR) is 133 cm³/mol. The Morgan fingerprint density at radius 3 is 2.57 bits per heavy atom. The van der Waals surface area contributed by atoms with Crippen LogP contribution in [-0.4, -0.2) is 60.3 Å². The summed E-state index contributed by atoms with van der Waals surface area (Å²) in [5, 5.41) is 5.38. The Hall–Kier alpha value is -3.30. The molecule has 2 amide bonds. The number of nitrogens with one attached hydrogen (secondary N) is 2. The summed E-state index contributed by atoms with van der Waals surface area (Å²) in [6.07, 6.45) is 2.17.